The minimum absolute atomic E-state index is 0.332. The maximum Gasteiger partial charge on any atom is 0.336 e. The van der Waals surface area contributed by atoms with Crippen LogP contribution in [0.1, 0.15) is 34.2 Å². The maximum absolute atomic E-state index is 13.2. The van der Waals surface area contributed by atoms with Crippen LogP contribution in [0.2, 0.25) is 0 Å². The Bertz CT molecular complexity index is 1350. The van der Waals surface area contributed by atoms with Gasteiger partial charge < -0.3 is 4.42 Å². The molecule has 3 aromatic rings. The smallest absolute Gasteiger partial charge is 0.336 e. The fourth-order valence-corrected chi connectivity index (χ4v) is 6.65. The van der Waals surface area contributed by atoms with Crippen LogP contribution in [-0.4, -0.2) is 43.8 Å². The SMILES string of the molecule is Cc1ccc(S(=O)(=O)N2CCN(Cc3cc(=O)oc4cc5c(cc34)CCC5)CC2)c(C)c1. The average Bonchev–Trinajstić information content (AvgIpc) is 3.20. The molecule has 7 heteroatoms. The Hall–Kier alpha value is -2.48. The molecule has 0 bridgehead atoms. The number of rotatable bonds is 4. The van der Waals surface area contributed by atoms with Gasteiger partial charge in [0.05, 0.1) is 4.90 Å². The third-order valence-electron chi connectivity index (χ3n) is 6.72. The van der Waals surface area contributed by atoms with E-state index in [-0.39, 0.29) is 5.63 Å². The molecule has 2 heterocycles. The monoisotopic (exact) mass is 452 g/mol. The van der Waals surface area contributed by atoms with Crippen molar-refractivity contribution in [1.29, 1.82) is 0 Å². The molecule has 168 valence electrons. The molecule has 0 spiro atoms. The Morgan fingerprint density at radius 1 is 0.938 bits per heavy atom. The van der Waals surface area contributed by atoms with E-state index >= 15 is 0 Å². The van der Waals surface area contributed by atoms with E-state index in [4.69, 9.17) is 4.42 Å². The maximum atomic E-state index is 13.2. The molecule has 1 aliphatic carbocycles. The van der Waals surface area contributed by atoms with E-state index in [2.05, 4.69) is 11.0 Å². The predicted octanol–water partition coefficient (Wildman–Crippen LogP) is 3.41. The summed E-state index contributed by atoms with van der Waals surface area (Å²) in [5, 5.41) is 0.996. The van der Waals surface area contributed by atoms with Gasteiger partial charge in [-0.05, 0) is 73.6 Å². The van der Waals surface area contributed by atoms with Gasteiger partial charge in [-0.3, -0.25) is 4.90 Å². The molecular weight excluding hydrogens is 424 g/mol. The minimum Gasteiger partial charge on any atom is -0.423 e. The summed E-state index contributed by atoms with van der Waals surface area (Å²) in [7, 11) is -3.51. The van der Waals surface area contributed by atoms with Crippen LogP contribution in [0.25, 0.3) is 11.0 Å². The molecule has 0 saturated carbocycles. The van der Waals surface area contributed by atoms with E-state index in [0.717, 1.165) is 41.3 Å². The molecule has 1 fully saturated rings. The van der Waals surface area contributed by atoms with E-state index in [9.17, 15) is 13.2 Å². The Kier molecular flexibility index (Phi) is 5.43. The molecule has 0 N–H and O–H groups in total. The van der Waals surface area contributed by atoms with Gasteiger partial charge in [0, 0.05) is 44.2 Å². The largest absolute Gasteiger partial charge is 0.423 e. The number of hydrogen-bond acceptors (Lipinski definition) is 5. The summed E-state index contributed by atoms with van der Waals surface area (Å²) in [4.78, 5) is 14.8. The van der Waals surface area contributed by atoms with Crippen LogP contribution in [0.4, 0.5) is 0 Å². The first-order chi connectivity index (χ1) is 15.3. The standard InChI is InChI=1S/C25H28N2O4S/c1-17-6-7-24(18(2)12-17)32(29,30)27-10-8-26(9-11-27)16-21-15-25(28)31-23-14-20-5-3-4-19(20)13-22(21)23/h6-7,12-15H,3-5,8-11,16H2,1-2H3. The van der Waals surface area contributed by atoms with Gasteiger partial charge in [0.1, 0.15) is 5.58 Å². The highest BCUT2D eigenvalue weighted by Crippen LogP contribution is 2.29. The van der Waals surface area contributed by atoms with Gasteiger partial charge in [-0.25, -0.2) is 13.2 Å². The van der Waals surface area contributed by atoms with Crippen molar-refractivity contribution in [2.75, 3.05) is 26.2 Å². The van der Waals surface area contributed by atoms with Gasteiger partial charge in [0.2, 0.25) is 10.0 Å². The van der Waals surface area contributed by atoms with Crippen molar-refractivity contribution in [1.82, 2.24) is 9.21 Å². The molecule has 1 saturated heterocycles. The molecule has 0 amide bonds. The van der Waals surface area contributed by atoms with E-state index < -0.39 is 10.0 Å². The van der Waals surface area contributed by atoms with E-state index in [1.165, 1.54) is 11.1 Å². The molecule has 0 unspecified atom stereocenters. The Labute approximate surface area is 188 Å². The molecule has 0 atom stereocenters. The molecular formula is C25H28N2O4S. The second-order valence-electron chi connectivity index (χ2n) is 9.01. The number of fused-ring (bicyclic) bond motifs is 2. The molecule has 32 heavy (non-hydrogen) atoms. The summed E-state index contributed by atoms with van der Waals surface area (Å²) >= 11 is 0. The van der Waals surface area contributed by atoms with Crippen LogP contribution in [0.5, 0.6) is 0 Å². The third kappa shape index (κ3) is 3.89. The zero-order chi connectivity index (χ0) is 22.5. The van der Waals surface area contributed by atoms with Crippen LogP contribution in [-0.2, 0) is 29.4 Å². The lowest BCUT2D eigenvalue weighted by Crippen LogP contribution is -2.48. The Morgan fingerprint density at radius 2 is 1.66 bits per heavy atom. The fraction of sp³-hybridized carbons (Fsp3) is 0.400. The molecule has 6 nitrogen and oxygen atoms in total. The molecule has 2 aliphatic rings. The van der Waals surface area contributed by atoms with Crippen LogP contribution >= 0.6 is 0 Å². The van der Waals surface area contributed by atoms with Crippen LogP contribution in [0, 0.1) is 13.8 Å². The quantitative estimate of drug-likeness (QED) is 0.568. The lowest BCUT2D eigenvalue weighted by atomic mass is 10.0. The van der Waals surface area contributed by atoms with E-state index in [1.807, 2.05) is 32.0 Å². The molecule has 2 aromatic carbocycles. The van der Waals surface area contributed by atoms with Crippen molar-refractivity contribution in [3.63, 3.8) is 0 Å². The number of hydrogen-bond donors (Lipinski definition) is 0. The van der Waals surface area contributed by atoms with Crippen LogP contribution in [0.15, 0.2) is 50.5 Å². The first kappa shape index (κ1) is 21.4. The average molecular weight is 453 g/mol. The number of sulfonamides is 1. The van der Waals surface area contributed by atoms with Crippen LogP contribution in [0.3, 0.4) is 0 Å². The first-order valence-corrected chi connectivity index (χ1v) is 12.6. The number of benzene rings is 2. The normalized spacial score (nSPS) is 17.7. The molecule has 5 rings (SSSR count). The van der Waals surface area contributed by atoms with Crippen molar-refractivity contribution in [2.24, 2.45) is 0 Å². The second-order valence-corrected chi connectivity index (χ2v) is 10.9. The summed E-state index contributed by atoms with van der Waals surface area (Å²) in [6.07, 6.45) is 3.25. The fourth-order valence-electron chi connectivity index (χ4n) is 5.02. The van der Waals surface area contributed by atoms with Crippen molar-refractivity contribution in [2.45, 2.75) is 44.6 Å². The molecule has 0 radical (unpaired) electrons. The van der Waals surface area contributed by atoms with Gasteiger partial charge in [-0.2, -0.15) is 4.31 Å². The number of piperazine rings is 1. The van der Waals surface area contributed by atoms with Crippen LogP contribution < -0.4 is 5.63 Å². The van der Waals surface area contributed by atoms with E-state index in [0.29, 0.717) is 43.2 Å². The van der Waals surface area contributed by atoms with E-state index in [1.54, 1.807) is 16.4 Å². The van der Waals surface area contributed by atoms with Crippen molar-refractivity contribution in [3.05, 3.63) is 74.6 Å². The second kappa shape index (κ2) is 8.14. The first-order valence-electron chi connectivity index (χ1n) is 11.2. The summed E-state index contributed by atoms with van der Waals surface area (Å²) in [6.45, 7) is 6.53. The van der Waals surface area contributed by atoms with Crippen molar-refractivity contribution in [3.8, 4) is 0 Å². The Balaban J connectivity index is 1.34. The van der Waals surface area contributed by atoms with Gasteiger partial charge in [-0.15, -0.1) is 0 Å². The van der Waals surface area contributed by atoms with Crippen molar-refractivity contribution >= 4 is 21.0 Å². The van der Waals surface area contributed by atoms with Gasteiger partial charge in [0.25, 0.3) is 0 Å². The number of nitrogens with zero attached hydrogens (tertiary/aromatic N) is 2. The predicted molar refractivity (Wildman–Crippen MR) is 124 cm³/mol. The number of aryl methyl sites for hydroxylation is 4. The summed E-state index contributed by atoms with van der Waals surface area (Å²) in [5.74, 6) is 0. The van der Waals surface area contributed by atoms with Crippen molar-refractivity contribution < 1.29 is 12.8 Å². The van der Waals surface area contributed by atoms with Gasteiger partial charge >= 0.3 is 5.63 Å². The lowest BCUT2D eigenvalue weighted by Gasteiger charge is -2.34. The third-order valence-corrected chi connectivity index (χ3v) is 8.77. The topological polar surface area (TPSA) is 70.8 Å². The zero-order valence-corrected chi connectivity index (χ0v) is 19.4. The zero-order valence-electron chi connectivity index (χ0n) is 18.6. The Morgan fingerprint density at radius 3 is 2.38 bits per heavy atom. The highest BCUT2D eigenvalue weighted by atomic mass is 32.2. The summed E-state index contributed by atoms with van der Waals surface area (Å²) in [6, 6.07) is 11.3. The summed E-state index contributed by atoms with van der Waals surface area (Å²) < 4.78 is 33.4. The highest BCUT2D eigenvalue weighted by Gasteiger charge is 2.30. The minimum atomic E-state index is -3.51. The summed E-state index contributed by atoms with van der Waals surface area (Å²) in [5.41, 5.74) is 5.74. The molecule has 1 aliphatic heterocycles. The highest BCUT2D eigenvalue weighted by molar-refractivity contribution is 7.89. The lowest BCUT2D eigenvalue weighted by molar-refractivity contribution is 0.182. The van der Waals surface area contributed by atoms with Gasteiger partial charge in [0.15, 0.2) is 0 Å². The molecule has 1 aromatic heterocycles. The van der Waals surface area contributed by atoms with Gasteiger partial charge in [-0.1, -0.05) is 17.7 Å².